The summed E-state index contributed by atoms with van der Waals surface area (Å²) in [7, 11) is -3.86. The van der Waals surface area contributed by atoms with Crippen LogP contribution in [0.5, 0.6) is 0 Å². The third kappa shape index (κ3) is 3.75. The Kier molecular flexibility index (Phi) is 4.52. The van der Waals surface area contributed by atoms with Crippen molar-refractivity contribution in [1.82, 2.24) is 0 Å². The second-order valence-corrected chi connectivity index (χ2v) is 7.45. The third-order valence-corrected chi connectivity index (χ3v) is 5.08. The lowest BCUT2D eigenvalue weighted by Gasteiger charge is -2.12. The van der Waals surface area contributed by atoms with Crippen LogP contribution in [-0.4, -0.2) is 14.3 Å². The molecule has 0 fully saturated rings. The van der Waals surface area contributed by atoms with Gasteiger partial charge in [-0.1, -0.05) is 6.07 Å². The van der Waals surface area contributed by atoms with Gasteiger partial charge < -0.3 is 9.73 Å². The molecule has 3 rings (SSSR count). The van der Waals surface area contributed by atoms with E-state index < -0.39 is 15.6 Å². The predicted octanol–water partition coefficient (Wildman–Crippen LogP) is 2.86. The molecule has 26 heavy (non-hydrogen) atoms. The summed E-state index contributed by atoms with van der Waals surface area (Å²) in [6.45, 7) is 3.18. The van der Waals surface area contributed by atoms with Gasteiger partial charge in [0.1, 0.15) is 5.58 Å². The summed E-state index contributed by atoms with van der Waals surface area (Å²) in [6.07, 6.45) is 0. The SMILES string of the molecule is CC(=O)Nc1cc(NS(=O)(=O)c2ccc3oc(=O)ccc3c2)ccc1C. The molecule has 1 amide bonds. The molecule has 3 aromatic rings. The van der Waals surface area contributed by atoms with Gasteiger partial charge in [-0.25, -0.2) is 13.2 Å². The topological polar surface area (TPSA) is 105 Å². The average molecular weight is 372 g/mol. The number of carbonyl (C=O) groups is 1. The summed E-state index contributed by atoms with van der Waals surface area (Å²) in [4.78, 5) is 22.5. The van der Waals surface area contributed by atoms with Crippen LogP contribution in [-0.2, 0) is 14.8 Å². The van der Waals surface area contributed by atoms with Crippen LogP contribution in [0.25, 0.3) is 11.0 Å². The van der Waals surface area contributed by atoms with Gasteiger partial charge in [0.2, 0.25) is 5.91 Å². The molecule has 1 heterocycles. The van der Waals surface area contributed by atoms with Gasteiger partial charge in [0.15, 0.2) is 0 Å². The van der Waals surface area contributed by atoms with Gasteiger partial charge in [-0.15, -0.1) is 0 Å². The molecule has 0 saturated heterocycles. The molecular weight excluding hydrogens is 356 g/mol. The first-order chi connectivity index (χ1) is 12.2. The summed E-state index contributed by atoms with van der Waals surface area (Å²) >= 11 is 0. The van der Waals surface area contributed by atoms with Crippen LogP contribution in [0.15, 0.2) is 62.6 Å². The Hall–Kier alpha value is -3.13. The fraction of sp³-hybridized carbons (Fsp3) is 0.111. The van der Waals surface area contributed by atoms with Crippen molar-refractivity contribution in [3.05, 3.63) is 64.5 Å². The normalized spacial score (nSPS) is 11.3. The highest BCUT2D eigenvalue weighted by molar-refractivity contribution is 7.92. The molecule has 0 saturated carbocycles. The van der Waals surface area contributed by atoms with E-state index in [4.69, 9.17) is 4.42 Å². The van der Waals surface area contributed by atoms with Crippen molar-refractivity contribution in [2.24, 2.45) is 0 Å². The molecule has 0 unspecified atom stereocenters. The molecule has 0 aliphatic rings. The van der Waals surface area contributed by atoms with Crippen molar-refractivity contribution in [2.45, 2.75) is 18.7 Å². The molecule has 2 N–H and O–H groups in total. The number of fused-ring (bicyclic) bond motifs is 1. The Morgan fingerprint density at radius 2 is 1.81 bits per heavy atom. The highest BCUT2D eigenvalue weighted by atomic mass is 32.2. The first-order valence-electron chi connectivity index (χ1n) is 7.69. The van der Waals surface area contributed by atoms with Crippen LogP contribution in [0.2, 0.25) is 0 Å². The highest BCUT2D eigenvalue weighted by Crippen LogP contribution is 2.24. The molecule has 8 heteroatoms. The van der Waals surface area contributed by atoms with Gasteiger partial charge in [-0.05, 0) is 48.9 Å². The van der Waals surface area contributed by atoms with E-state index in [1.807, 2.05) is 0 Å². The maximum atomic E-state index is 12.6. The van der Waals surface area contributed by atoms with E-state index in [-0.39, 0.29) is 10.8 Å². The van der Waals surface area contributed by atoms with Crippen molar-refractivity contribution in [3.8, 4) is 0 Å². The van der Waals surface area contributed by atoms with Crippen LogP contribution >= 0.6 is 0 Å². The molecule has 7 nitrogen and oxygen atoms in total. The molecule has 134 valence electrons. The van der Waals surface area contributed by atoms with Gasteiger partial charge in [-0.3, -0.25) is 9.52 Å². The van der Waals surface area contributed by atoms with E-state index >= 15 is 0 Å². The monoisotopic (exact) mass is 372 g/mol. The summed E-state index contributed by atoms with van der Waals surface area (Å²) in [5, 5.41) is 3.15. The number of sulfonamides is 1. The lowest BCUT2D eigenvalue weighted by molar-refractivity contribution is -0.114. The maximum absolute atomic E-state index is 12.6. The van der Waals surface area contributed by atoms with Crippen molar-refractivity contribution in [3.63, 3.8) is 0 Å². The van der Waals surface area contributed by atoms with Crippen LogP contribution in [0.1, 0.15) is 12.5 Å². The van der Waals surface area contributed by atoms with Gasteiger partial charge >= 0.3 is 5.63 Å². The van der Waals surface area contributed by atoms with Crippen molar-refractivity contribution in [1.29, 1.82) is 0 Å². The van der Waals surface area contributed by atoms with Crippen molar-refractivity contribution < 1.29 is 17.6 Å². The number of hydrogen-bond acceptors (Lipinski definition) is 5. The lowest BCUT2D eigenvalue weighted by atomic mass is 10.2. The summed E-state index contributed by atoms with van der Waals surface area (Å²) < 4.78 is 32.8. The zero-order valence-corrected chi connectivity index (χ0v) is 14.9. The van der Waals surface area contributed by atoms with Crippen LogP contribution in [0.3, 0.4) is 0 Å². The first kappa shape index (κ1) is 17.7. The van der Waals surface area contributed by atoms with Crippen LogP contribution < -0.4 is 15.7 Å². The first-order valence-corrected chi connectivity index (χ1v) is 9.18. The highest BCUT2D eigenvalue weighted by Gasteiger charge is 2.16. The minimum atomic E-state index is -3.86. The third-order valence-electron chi connectivity index (χ3n) is 3.70. The molecule has 0 radical (unpaired) electrons. The van der Waals surface area contributed by atoms with Crippen molar-refractivity contribution >= 4 is 38.3 Å². The maximum Gasteiger partial charge on any atom is 0.336 e. The molecule has 0 bridgehead atoms. The number of carbonyl (C=O) groups excluding carboxylic acids is 1. The van der Waals surface area contributed by atoms with Gasteiger partial charge in [0.25, 0.3) is 10.0 Å². The molecular formula is C18H16N2O5S. The van der Waals surface area contributed by atoms with Gasteiger partial charge in [0, 0.05) is 24.1 Å². The molecule has 0 atom stereocenters. The minimum absolute atomic E-state index is 0.0282. The molecule has 0 aliphatic carbocycles. The Labute approximate surface area is 149 Å². The number of aryl methyl sites for hydroxylation is 1. The number of hydrogen-bond donors (Lipinski definition) is 2. The summed E-state index contributed by atoms with van der Waals surface area (Å²) in [5.41, 5.74) is 1.46. The number of nitrogens with one attached hydrogen (secondary N) is 2. The Morgan fingerprint density at radius 3 is 2.54 bits per heavy atom. The van der Waals surface area contributed by atoms with E-state index in [9.17, 15) is 18.0 Å². The second-order valence-electron chi connectivity index (χ2n) is 5.77. The molecule has 0 spiro atoms. The lowest BCUT2D eigenvalue weighted by Crippen LogP contribution is -2.14. The van der Waals surface area contributed by atoms with Gasteiger partial charge in [0.05, 0.1) is 10.6 Å². The summed E-state index contributed by atoms with van der Waals surface area (Å²) in [5.74, 6) is -0.246. The number of amides is 1. The number of benzene rings is 2. The largest absolute Gasteiger partial charge is 0.423 e. The molecule has 1 aromatic heterocycles. The van der Waals surface area contributed by atoms with Crippen LogP contribution in [0, 0.1) is 6.92 Å². The Bertz CT molecular complexity index is 1170. The average Bonchev–Trinajstić information content (AvgIpc) is 2.56. The summed E-state index contributed by atoms with van der Waals surface area (Å²) in [6, 6.07) is 11.8. The van der Waals surface area contributed by atoms with E-state index in [2.05, 4.69) is 10.0 Å². The Morgan fingerprint density at radius 1 is 1.04 bits per heavy atom. The molecule has 0 aliphatic heterocycles. The van der Waals surface area contributed by atoms with E-state index in [1.54, 1.807) is 25.1 Å². The zero-order chi connectivity index (χ0) is 18.9. The second kappa shape index (κ2) is 6.64. The van der Waals surface area contributed by atoms with Crippen LogP contribution in [0.4, 0.5) is 11.4 Å². The molecule has 2 aromatic carbocycles. The van der Waals surface area contributed by atoms with Crippen molar-refractivity contribution in [2.75, 3.05) is 10.0 Å². The Balaban J connectivity index is 1.95. The van der Waals surface area contributed by atoms with E-state index in [1.165, 1.54) is 37.3 Å². The zero-order valence-electron chi connectivity index (χ0n) is 14.1. The number of anilines is 2. The minimum Gasteiger partial charge on any atom is -0.423 e. The fourth-order valence-electron chi connectivity index (χ4n) is 2.44. The smallest absolute Gasteiger partial charge is 0.336 e. The quantitative estimate of drug-likeness (QED) is 0.685. The standard InChI is InChI=1S/C18H16N2O5S/c1-11-3-5-14(10-16(11)19-12(2)21)20-26(23,24)15-6-7-17-13(9-15)4-8-18(22)25-17/h3-10,20H,1-2H3,(H,19,21). The number of rotatable bonds is 4. The predicted molar refractivity (Wildman–Crippen MR) is 98.8 cm³/mol. The van der Waals surface area contributed by atoms with Gasteiger partial charge in [-0.2, -0.15) is 0 Å². The van der Waals surface area contributed by atoms with E-state index in [0.29, 0.717) is 22.3 Å². The fourth-order valence-corrected chi connectivity index (χ4v) is 3.53. The van der Waals surface area contributed by atoms with E-state index in [0.717, 1.165) is 5.56 Å².